The lowest BCUT2D eigenvalue weighted by atomic mass is 9.89. The molecule has 7 aromatic rings. The van der Waals surface area contributed by atoms with Gasteiger partial charge in [0.1, 0.15) is 77.4 Å². The molecular weight excluding hydrogens is 1150 g/mol. The van der Waals surface area contributed by atoms with E-state index < -0.39 is 119 Å². The lowest BCUT2D eigenvalue weighted by molar-refractivity contribution is -0.322. The van der Waals surface area contributed by atoms with Crippen LogP contribution in [0.1, 0.15) is 93.3 Å². The van der Waals surface area contributed by atoms with Crippen molar-refractivity contribution in [3.05, 3.63) is 165 Å². The van der Waals surface area contributed by atoms with Crippen LogP contribution >= 0.6 is 23.2 Å². The first-order valence-electron chi connectivity index (χ1n) is 26.3. The maximum absolute atomic E-state index is 14.9. The number of pyridine rings is 1. The fourth-order valence-electron chi connectivity index (χ4n) is 10.9. The molecule has 5 aliphatic rings. The van der Waals surface area contributed by atoms with Gasteiger partial charge in [0.05, 0.1) is 24.1 Å². The number of hydrogen-bond donors (Lipinski definition) is 3. The van der Waals surface area contributed by atoms with E-state index in [0.717, 1.165) is 35.0 Å². The molecule has 21 nitrogen and oxygen atoms in total. The van der Waals surface area contributed by atoms with Crippen LogP contribution in [0.5, 0.6) is 5.75 Å². The summed E-state index contributed by atoms with van der Waals surface area (Å²) in [6, 6.07) is 19.2. The SMILES string of the molecule is Cc1nc([C@@H]2O[C@@H]3COC(c4ccccc4)O[C@@H]3[C@H](n3cc(-c4cc(F)c(Cl)c(F)c4)nn3)[C@H]2OCC(=O)NC2CC(Oc3cccnc3C(=O)Nc3ccc4c(c3)CN(C3CCC(=O)NC3=O)C4=O)C2)n(-c2cc(Cl)ccc2C(F)(F)F)n1. The number of aryl methyl sites for hydroxylation is 1. The highest BCUT2D eigenvalue weighted by Crippen LogP contribution is 2.47. The van der Waals surface area contributed by atoms with Gasteiger partial charge in [-0.1, -0.05) is 58.7 Å². The summed E-state index contributed by atoms with van der Waals surface area (Å²) in [5, 5.41) is 20.2. The minimum Gasteiger partial charge on any atom is -0.488 e. The van der Waals surface area contributed by atoms with Crippen LogP contribution in [0.4, 0.5) is 27.6 Å². The number of imide groups is 1. The number of carbonyl (C=O) groups is 5. The molecule has 1 aliphatic carbocycles. The Morgan fingerprint density at radius 2 is 1.73 bits per heavy atom. The van der Waals surface area contributed by atoms with E-state index in [1.165, 1.54) is 28.9 Å². The monoisotopic (exact) mass is 1200 g/mol. The number of anilines is 1. The van der Waals surface area contributed by atoms with E-state index in [4.69, 9.17) is 46.9 Å². The number of amides is 5. The number of rotatable bonds is 14. The second-order valence-corrected chi connectivity index (χ2v) is 21.3. The van der Waals surface area contributed by atoms with Gasteiger partial charge in [-0.3, -0.25) is 29.3 Å². The molecule has 0 spiro atoms. The van der Waals surface area contributed by atoms with Gasteiger partial charge in [0.2, 0.25) is 17.7 Å². The summed E-state index contributed by atoms with van der Waals surface area (Å²) in [5.74, 6) is -4.75. The molecule has 3 N–H and O–H groups in total. The van der Waals surface area contributed by atoms with E-state index in [1.807, 2.05) is 0 Å². The summed E-state index contributed by atoms with van der Waals surface area (Å²) >= 11 is 12.1. The van der Waals surface area contributed by atoms with Crippen molar-refractivity contribution in [3.8, 4) is 22.7 Å². The Morgan fingerprint density at radius 1 is 0.940 bits per heavy atom. The van der Waals surface area contributed by atoms with E-state index in [9.17, 15) is 45.9 Å². The number of aromatic nitrogens is 7. The van der Waals surface area contributed by atoms with Crippen LogP contribution in [-0.4, -0.2) is 119 Å². The number of nitrogens with one attached hydrogen (secondary N) is 3. The number of hydrogen-bond acceptors (Lipinski definition) is 15. The molecule has 4 aliphatic heterocycles. The van der Waals surface area contributed by atoms with Crippen molar-refractivity contribution in [1.82, 2.24) is 50.3 Å². The molecule has 0 bridgehead atoms. The third-order valence-electron chi connectivity index (χ3n) is 14.9. The van der Waals surface area contributed by atoms with Gasteiger partial charge in [0.25, 0.3) is 11.8 Å². The summed E-state index contributed by atoms with van der Waals surface area (Å²) < 4.78 is 109. The molecule has 1 saturated carbocycles. The minimum absolute atomic E-state index is 0.0205. The Bertz CT molecular complexity index is 3730. The predicted octanol–water partition coefficient (Wildman–Crippen LogP) is 7.75. The van der Waals surface area contributed by atoms with Crippen molar-refractivity contribution in [2.75, 3.05) is 18.5 Å². The first kappa shape index (κ1) is 56.2. The molecule has 84 heavy (non-hydrogen) atoms. The molecule has 434 valence electrons. The van der Waals surface area contributed by atoms with Crippen LogP contribution in [0.15, 0.2) is 103 Å². The Morgan fingerprint density at radius 3 is 2.49 bits per heavy atom. The molecular formula is C56H46Cl2F5N11O10. The molecule has 7 atom stereocenters. The van der Waals surface area contributed by atoms with Crippen LogP contribution in [0.2, 0.25) is 10.0 Å². The average Bonchev–Trinajstić information content (AvgIpc) is 2.22. The van der Waals surface area contributed by atoms with Crippen molar-refractivity contribution < 1.29 is 69.6 Å². The van der Waals surface area contributed by atoms with Gasteiger partial charge in [-0.15, -0.1) is 5.10 Å². The van der Waals surface area contributed by atoms with Crippen molar-refractivity contribution in [2.45, 2.75) is 100 Å². The highest BCUT2D eigenvalue weighted by Gasteiger charge is 2.54. The van der Waals surface area contributed by atoms with Crippen LogP contribution in [0.3, 0.4) is 0 Å². The molecule has 12 rings (SSSR count). The lowest BCUT2D eigenvalue weighted by Gasteiger charge is -2.49. The number of benzene rings is 4. The number of halogens is 7. The summed E-state index contributed by atoms with van der Waals surface area (Å²) in [6.45, 7) is 0.709. The number of alkyl halides is 3. The maximum Gasteiger partial charge on any atom is 0.418 e. The predicted molar refractivity (Wildman–Crippen MR) is 283 cm³/mol. The number of fused-ring (bicyclic) bond motifs is 2. The van der Waals surface area contributed by atoms with Crippen LogP contribution < -0.4 is 20.7 Å². The van der Waals surface area contributed by atoms with Crippen LogP contribution in [0, 0.1) is 18.6 Å². The van der Waals surface area contributed by atoms with Gasteiger partial charge in [-0.25, -0.2) is 28.1 Å². The van der Waals surface area contributed by atoms with Crippen molar-refractivity contribution >= 4 is 58.4 Å². The maximum atomic E-state index is 14.9. The number of nitrogens with zero attached hydrogens (tertiary/aromatic N) is 8. The standard InChI is InChI=1S/C56H46Cl2F5N11O10/c1-26-65-51(74(70-26)40-19-30(57)9-12-35(40)56(61,62)63)50-49(47(48-42(83-50)24-81-55(84-48)27-6-3-2-4-7-27)73-23-38(69-71-73)28-17-36(59)45(58)37(60)18-28)80-25-44(76)66-32-20-33(21-32)82-41-8-5-15-64-46(41)53(78)67-31-10-11-34-29(16-31)22-72(54(34)79)39-13-14-43(75)68-52(39)77/h2-12,15-19,23,32-33,39,42,47-50,55H,13-14,20-22,24-25H2,1H3,(H,66,76)(H,67,78)(H,68,75,77)/t32?,33?,39?,42-,47+,48+,49-,50-,55?/m1/s1. The van der Waals surface area contributed by atoms with E-state index in [0.29, 0.717) is 22.4 Å². The first-order valence-corrected chi connectivity index (χ1v) is 27.1. The normalized spacial score (nSPS) is 24.0. The topological polar surface area (TPSA) is 245 Å². The van der Waals surface area contributed by atoms with Crippen molar-refractivity contribution in [1.29, 1.82) is 0 Å². The van der Waals surface area contributed by atoms with E-state index in [2.05, 4.69) is 41.3 Å². The van der Waals surface area contributed by atoms with Gasteiger partial charge >= 0.3 is 6.18 Å². The molecule has 3 aromatic heterocycles. The van der Waals surface area contributed by atoms with E-state index >= 15 is 0 Å². The summed E-state index contributed by atoms with van der Waals surface area (Å²) in [6.07, 6.45) is -7.84. The minimum atomic E-state index is -4.90. The summed E-state index contributed by atoms with van der Waals surface area (Å²) in [5.41, 5.74) is 0.162. The third-order valence-corrected chi connectivity index (χ3v) is 15.5. The molecule has 28 heteroatoms. The Kier molecular flexibility index (Phi) is 15.2. The smallest absolute Gasteiger partial charge is 0.418 e. The van der Waals surface area contributed by atoms with Crippen LogP contribution in [0.25, 0.3) is 16.9 Å². The first-order chi connectivity index (χ1) is 40.3. The highest BCUT2D eigenvalue weighted by molar-refractivity contribution is 6.31. The molecule has 3 saturated heterocycles. The zero-order chi connectivity index (χ0) is 58.7. The summed E-state index contributed by atoms with van der Waals surface area (Å²) in [7, 11) is 0. The fourth-order valence-corrected chi connectivity index (χ4v) is 11.2. The highest BCUT2D eigenvalue weighted by atomic mass is 35.5. The van der Waals surface area contributed by atoms with Gasteiger partial charge in [0.15, 0.2) is 23.6 Å². The second-order valence-electron chi connectivity index (χ2n) is 20.5. The summed E-state index contributed by atoms with van der Waals surface area (Å²) in [4.78, 5) is 75.6. The molecule has 5 amide bonds. The van der Waals surface area contributed by atoms with Gasteiger partial charge in [0, 0.05) is 65.4 Å². The molecule has 2 unspecified atom stereocenters. The Hall–Kier alpha value is -8.27. The van der Waals surface area contributed by atoms with Gasteiger partial charge in [-0.05, 0) is 79.6 Å². The third kappa shape index (κ3) is 11.2. The quantitative estimate of drug-likeness (QED) is 0.0535. The molecule has 7 heterocycles. The van der Waals surface area contributed by atoms with E-state index in [1.54, 1.807) is 60.7 Å². The molecule has 4 aromatic carbocycles. The average molecular weight is 1200 g/mol. The van der Waals surface area contributed by atoms with E-state index in [-0.39, 0.29) is 84.1 Å². The lowest BCUT2D eigenvalue weighted by Crippen LogP contribution is -2.58. The van der Waals surface area contributed by atoms with Gasteiger partial charge in [-0.2, -0.15) is 18.3 Å². The van der Waals surface area contributed by atoms with Crippen LogP contribution in [-0.2, 0) is 46.1 Å². The Balaban J connectivity index is 0.783. The second kappa shape index (κ2) is 22.7. The Labute approximate surface area is 482 Å². The fraction of sp³-hybridized carbons (Fsp3) is 0.321. The number of piperidine rings is 1. The number of ether oxygens (including phenoxy) is 5. The van der Waals surface area contributed by atoms with Crippen molar-refractivity contribution in [2.24, 2.45) is 0 Å². The van der Waals surface area contributed by atoms with Crippen molar-refractivity contribution in [3.63, 3.8) is 0 Å². The molecule has 4 fully saturated rings. The van der Waals surface area contributed by atoms with Gasteiger partial charge < -0.3 is 39.2 Å². The zero-order valence-corrected chi connectivity index (χ0v) is 45.3. The molecule has 0 radical (unpaired) electrons. The largest absolute Gasteiger partial charge is 0.488 e. The zero-order valence-electron chi connectivity index (χ0n) is 43.8. The number of carbonyl (C=O) groups excluding carboxylic acids is 5.